The molecular formula is C9H5F4NO2. The molecule has 16 heavy (non-hydrogen) atoms. The zero-order valence-electron chi connectivity index (χ0n) is 7.93. The van der Waals surface area contributed by atoms with E-state index < -0.39 is 17.9 Å². The van der Waals surface area contributed by atoms with Crippen molar-refractivity contribution in [2.75, 3.05) is 0 Å². The van der Waals surface area contributed by atoms with Crippen LogP contribution in [0.25, 0.3) is 11.1 Å². The Morgan fingerprint density at radius 1 is 1.31 bits per heavy atom. The topological polar surface area (TPSA) is 35.3 Å². The minimum Gasteiger partial charge on any atom is -0.441 e. The van der Waals surface area contributed by atoms with Gasteiger partial charge in [0.1, 0.15) is 5.52 Å². The molecule has 1 aromatic carbocycles. The number of oxazole rings is 1. The van der Waals surface area contributed by atoms with Crippen LogP contribution >= 0.6 is 0 Å². The fourth-order valence-electron chi connectivity index (χ4n) is 1.25. The van der Waals surface area contributed by atoms with E-state index in [0.717, 1.165) is 12.1 Å². The predicted octanol–water partition coefficient (Wildman–Crippen LogP) is 3.17. The van der Waals surface area contributed by atoms with Crippen molar-refractivity contribution in [3.8, 4) is 5.75 Å². The van der Waals surface area contributed by atoms with Crippen LogP contribution in [0.4, 0.5) is 17.6 Å². The summed E-state index contributed by atoms with van der Waals surface area (Å²) in [5.74, 6) is -1.84. The van der Waals surface area contributed by atoms with Gasteiger partial charge in [0.05, 0.1) is 0 Å². The predicted molar refractivity (Wildman–Crippen MR) is 45.4 cm³/mol. The van der Waals surface area contributed by atoms with Crippen LogP contribution in [0, 0.1) is 12.7 Å². The summed E-state index contributed by atoms with van der Waals surface area (Å²) in [6.45, 7) is 1.50. The molecular weight excluding hydrogens is 230 g/mol. The molecule has 86 valence electrons. The molecule has 2 aromatic rings. The van der Waals surface area contributed by atoms with E-state index in [0.29, 0.717) is 0 Å². The van der Waals surface area contributed by atoms with Crippen LogP contribution in [-0.2, 0) is 0 Å². The summed E-state index contributed by atoms with van der Waals surface area (Å²) in [6.07, 6.45) is -4.94. The van der Waals surface area contributed by atoms with E-state index in [9.17, 15) is 17.6 Å². The van der Waals surface area contributed by atoms with Gasteiger partial charge in [-0.2, -0.15) is 0 Å². The van der Waals surface area contributed by atoms with Gasteiger partial charge in [-0.05, 0) is 0 Å². The fourth-order valence-corrected chi connectivity index (χ4v) is 1.25. The van der Waals surface area contributed by atoms with Crippen LogP contribution < -0.4 is 4.74 Å². The molecule has 0 aliphatic heterocycles. The third kappa shape index (κ3) is 2.07. The van der Waals surface area contributed by atoms with Crippen LogP contribution in [-0.4, -0.2) is 11.3 Å². The van der Waals surface area contributed by atoms with Crippen LogP contribution in [0.2, 0.25) is 0 Å². The molecule has 1 aromatic heterocycles. The number of rotatable bonds is 1. The van der Waals surface area contributed by atoms with Crippen molar-refractivity contribution in [3.05, 3.63) is 23.8 Å². The molecule has 0 N–H and O–H groups in total. The number of alkyl halides is 3. The van der Waals surface area contributed by atoms with Crippen molar-refractivity contribution in [3.63, 3.8) is 0 Å². The molecule has 1 heterocycles. The third-order valence-corrected chi connectivity index (χ3v) is 1.77. The lowest BCUT2D eigenvalue weighted by Gasteiger charge is -2.08. The highest BCUT2D eigenvalue weighted by Gasteiger charge is 2.32. The zero-order chi connectivity index (χ0) is 11.9. The molecule has 7 heteroatoms. The largest absolute Gasteiger partial charge is 0.573 e. The molecule has 0 amide bonds. The van der Waals surface area contributed by atoms with Crippen molar-refractivity contribution < 1.29 is 26.7 Å². The second-order valence-corrected chi connectivity index (χ2v) is 3.03. The maximum absolute atomic E-state index is 13.1. The molecule has 0 saturated heterocycles. The van der Waals surface area contributed by atoms with Crippen molar-refractivity contribution in [2.45, 2.75) is 13.3 Å². The first-order chi connectivity index (χ1) is 7.35. The highest BCUT2D eigenvalue weighted by atomic mass is 19.4. The minimum atomic E-state index is -4.94. The van der Waals surface area contributed by atoms with Crippen LogP contribution in [0.5, 0.6) is 5.75 Å². The van der Waals surface area contributed by atoms with Gasteiger partial charge in [0, 0.05) is 19.1 Å². The van der Waals surface area contributed by atoms with Crippen LogP contribution in [0.1, 0.15) is 5.89 Å². The molecule has 2 rings (SSSR count). The van der Waals surface area contributed by atoms with Gasteiger partial charge in [-0.3, -0.25) is 0 Å². The maximum atomic E-state index is 13.1. The van der Waals surface area contributed by atoms with Crippen molar-refractivity contribution in [2.24, 2.45) is 0 Å². The molecule has 0 spiro atoms. The smallest absolute Gasteiger partial charge is 0.441 e. The summed E-state index contributed by atoms with van der Waals surface area (Å²) in [4.78, 5) is 3.76. The Labute approximate surface area is 86.6 Å². The van der Waals surface area contributed by atoms with E-state index in [1.54, 1.807) is 0 Å². The first-order valence-electron chi connectivity index (χ1n) is 4.17. The third-order valence-electron chi connectivity index (χ3n) is 1.77. The molecule has 0 unspecified atom stereocenters. The van der Waals surface area contributed by atoms with Crippen molar-refractivity contribution in [1.82, 2.24) is 4.98 Å². The molecule has 3 nitrogen and oxygen atoms in total. The number of aryl methyl sites for hydroxylation is 1. The summed E-state index contributed by atoms with van der Waals surface area (Å²) >= 11 is 0. The molecule has 0 aliphatic carbocycles. The molecule has 0 aliphatic rings. The molecule has 0 fully saturated rings. The molecule has 0 atom stereocenters. The Hall–Kier alpha value is -1.79. The first-order valence-corrected chi connectivity index (χ1v) is 4.17. The summed E-state index contributed by atoms with van der Waals surface area (Å²) in [5.41, 5.74) is 0.183. The standard InChI is InChI=1S/C9H5F4NO2/c1-4-14-6-3-7(16-9(11,12)13)5(10)2-8(6)15-4/h2-3H,1H3. The van der Waals surface area contributed by atoms with E-state index in [1.165, 1.54) is 6.92 Å². The summed E-state index contributed by atoms with van der Waals surface area (Å²) < 4.78 is 57.3. The van der Waals surface area contributed by atoms with Gasteiger partial charge in [0.25, 0.3) is 0 Å². The van der Waals surface area contributed by atoms with Gasteiger partial charge in [-0.15, -0.1) is 13.2 Å². The maximum Gasteiger partial charge on any atom is 0.573 e. The average Bonchev–Trinajstić information content (AvgIpc) is 2.42. The Balaban J connectivity index is 2.49. The number of fused-ring (bicyclic) bond motifs is 1. The Morgan fingerprint density at radius 2 is 2.00 bits per heavy atom. The lowest BCUT2D eigenvalue weighted by Crippen LogP contribution is -2.17. The number of nitrogens with zero attached hydrogens (tertiary/aromatic N) is 1. The highest BCUT2D eigenvalue weighted by molar-refractivity contribution is 5.74. The van der Waals surface area contributed by atoms with E-state index in [1.807, 2.05) is 0 Å². The van der Waals surface area contributed by atoms with Gasteiger partial charge in [-0.1, -0.05) is 0 Å². The number of hydrogen-bond donors (Lipinski definition) is 0. The minimum absolute atomic E-state index is 0.0736. The van der Waals surface area contributed by atoms with E-state index in [-0.39, 0.29) is 17.0 Å². The van der Waals surface area contributed by atoms with E-state index in [4.69, 9.17) is 4.42 Å². The molecule has 0 saturated carbocycles. The van der Waals surface area contributed by atoms with Crippen molar-refractivity contribution in [1.29, 1.82) is 0 Å². The average molecular weight is 235 g/mol. The fraction of sp³-hybridized carbons (Fsp3) is 0.222. The molecule has 0 radical (unpaired) electrons. The normalized spacial score (nSPS) is 12.1. The summed E-state index contributed by atoms with van der Waals surface area (Å²) in [5, 5.41) is 0. The summed E-state index contributed by atoms with van der Waals surface area (Å²) in [7, 11) is 0. The van der Waals surface area contributed by atoms with E-state index >= 15 is 0 Å². The van der Waals surface area contributed by atoms with Gasteiger partial charge in [0.15, 0.2) is 23.0 Å². The number of hydrogen-bond acceptors (Lipinski definition) is 3. The van der Waals surface area contributed by atoms with Gasteiger partial charge in [-0.25, -0.2) is 9.37 Å². The van der Waals surface area contributed by atoms with E-state index in [2.05, 4.69) is 9.72 Å². The number of benzene rings is 1. The van der Waals surface area contributed by atoms with Crippen LogP contribution in [0.15, 0.2) is 16.5 Å². The Kier molecular flexibility index (Phi) is 2.25. The van der Waals surface area contributed by atoms with Crippen LogP contribution in [0.3, 0.4) is 0 Å². The van der Waals surface area contributed by atoms with Gasteiger partial charge in [0.2, 0.25) is 0 Å². The second-order valence-electron chi connectivity index (χ2n) is 3.03. The number of ether oxygens (including phenoxy) is 1. The Morgan fingerprint density at radius 3 is 2.62 bits per heavy atom. The number of aromatic nitrogens is 1. The highest BCUT2D eigenvalue weighted by Crippen LogP contribution is 2.29. The van der Waals surface area contributed by atoms with Gasteiger partial charge < -0.3 is 9.15 Å². The quantitative estimate of drug-likeness (QED) is 0.712. The number of halogens is 4. The lowest BCUT2D eigenvalue weighted by atomic mass is 10.3. The first kappa shape index (κ1) is 10.7. The monoisotopic (exact) mass is 235 g/mol. The van der Waals surface area contributed by atoms with Gasteiger partial charge >= 0.3 is 6.36 Å². The second kappa shape index (κ2) is 3.36. The lowest BCUT2D eigenvalue weighted by molar-refractivity contribution is -0.275. The summed E-state index contributed by atoms with van der Waals surface area (Å²) in [6, 6.07) is 1.64. The zero-order valence-corrected chi connectivity index (χ0v) is 7.93. The van der Waals surface area contributed by atoms with Crippen molar-refractivity contribution >= 4 is 11.1 Å². The SMILES string of the molecule is Cc1nc2cc(OC(F)(F)F)c(F)cc2o1. The Bertz CT molecular complexity index is 532. The molecule has 0 bridgehead atoms.